The van der Waals surface area contributed by atoms with E-state index >= 15 is 0 Å². The average molecular weight is 154 g/mol. The molecule has 0 heterocycles. The zero-order chi connectivity index (χ0) is 8.85. The standard InChI is InChI=1S/C11H22/c1-6-9(4)10(5)11(7-2)8-3/h9,11H,5-8H2,1-4H3. The molecule has 0 heteroatoms. The van der Waals surface area contributed by atoms with E-state index in [1.165, 1.54) is 24.8 Å². The van der Waals surface area contributed by atoms with Crippen LogP contribution in [0.25, 0.3) is 0 Å². The van der Waals surface area contributed by atoms with Gasteiger partial charge in [-0.1, -0.05) is 39.8 Å². The first-order valence-electron chi connectivity index (χ1n) is 4.85. The highest BCUT2D eigenvalue weighted by Gasteiger charge is 2.12. The van der Waals surface area contributed by atoms with Crippen molar-refractivity contribution in [3.05, 3.63) is 12.2 Å². The molecule has 0 radical (unpaired) electrons. The summed E-state index contributed by atoms with van der Waals surface area (Å²) in [6.45, 7) is 13.2. The maximum atomic E-state index is 4.17. The predicted molar refractivity (Wildman–Crippen MR) is 52.7 cm³/mol. The van der Waals surface area contributed by atoms with Crippen molar-refractivity contribution >= 4 is 0 Å². The van der Waals surface area contributed by atoms with Gasteiger partial charge in [0.05, 0.1) is 0 Å². The second-order valence-corrected chi connectivity index (χ2v) is 3.40. The maximum Gasteiger partial charge on any atom is -0.0209 e. The van der Waals surface area contributed by atoms with E-state index in [1.54, 1.807) is 0 Å². The highest BCUT2D eigenvalue weighted by Crippen LogP contribution is 2.25. The fourth-order valence-corrected chi connectivity index (χ4v) is 1.48. The third-order valence-electron chi connectivity index (χ3n) is 2.76. The number of hydrogen-bond acceptors (Lipinski definition) is 0. The topological polar surface area (TPSA) is 0 Å². The van der Waals surface area contributed by atoms with Crippen LogP contribution in [0.2, 0.25) is 0 Å². The molecule has 0 aliphatic rings. The summed E-state index contributed by atoms with van der Waals surface area (Å²) in [6.07, 6.45) is 3.73. The second-order valence-electron chi connectivity index (χ2n) is 3.40. The minimum atomic E-state index is 0.708. The summed E-state index contributed by atoms with van der Waals surface area (Å²) in [6, 6.07) is 0. The van der Waals surface area contributed by atoms with Crippen LogP contribution < -0.4 is 0 Å². The molecule has 0 spiro atoms. The summed E-state index contributed by atoms with van der Waals surface area (Å²) in [7, 11) is 0. The van der Waals surface area contributed by atoms with E-state index in [4.69, 9.17) is 0 Å². The Labute approximate surface area is 71.7 Å². The molecule has 0 aliphatic carbocycles. The Kier molecular flexibility index (Phi) is 5.27. The van der Waals surface area contributed by atoms with Crippen LogP contribution in [0.5, 0.6) is 0 Å². The molecule has 0 rings (SSSR count). The lowest BCUT2D eigenvalue weighted by Crippen LogP contribution is -2.07. The number of allylic oxidation sites excluding steroid dienone is 1. The molecular formula is C11H22. The summed E-state index contributed by atoms with van der Waals surface area (Å²) in [5.41, 5.74) is 1.46. The maximum absolute atomic E-state index is 4.17. The Morgan fingerprint density at radius 3 is 1.82 bits per heavy atom. The highest BCUT2D eigenvalue weighted by molar-refractivity contribution is 5.03. The Morgan fingerprint density at radius 1 is 1.09 bits per heavy atom. The summed E-state index contributed by atoms with van der Waals surface area (Å²) >= 11 is 0. The third kappa shape index (κ3) is 3.09. The summed E-state index contributed by atoms with van der Waals surface area (Å²) in [5, 5.41) is 0. The predicted octanol–water partition coefficient (Wildman–Crippen LogP) is 4.02. The van der Waals surface area contributed by atoms with Crippen molar-refractivity contribution in [3.8, 4) is 0 Å². The normalized spacial score (nSPS) is 13.5. The SMILES string of the molecule is C=C(C(C)CC)C(CC)CC. The van der Waals surface area contributed by atoms with Crippen LogP contribution in [0.1, 0.15) is 47.0 Å². The van der Waals surface area contributed by atoms with Crippen molar-refractivity contribution in [2.24, 2.45) is 11.8 Å². The van der Waals surface area contributed by atoms with Crippen molar-refractivity contribution in [1.29, 1.82) is 0 Å². The lowest BCUT2D eigenvalue weighted by molar-refractivity contribution is 0.489. The minimum Gasteiger partial charge on any atom is -0.0993 e. The lowest BCUT2D eigenvalue weighted by atomic mass is 9.85. The van der Waals surface area contributed by atoms with Crippen molar-refractivity contribution < 1.29 is 0 Å². The molecule has 0 saturated heterocycles. The van der Waals surface area contributed by atoms with E-state index in [-0.39, 0.29) is 0 Å². The molecule has 0 saturated carbocycles. The fraction of sp³-hybridized carbons (Fsp3) is 0.818. The van der Waals surface area contributed by atoms with Crippen molar-refractivity contribution in [1.82, 2.24) is 0 Å². The van der Waals surface area contributed by atoms with E-state index < -0.39 is 0 Å². The van der Waals surface area contributed by atoms with Gasteiger partial charge in [-0.25, -0.2) is 0 Å². The first-order chi connectivity index (χ1) is 5.17. The van der Waals surface area contributed by atoms with Gasteiger partial charge < -0.3 is 0 Å². The third-order valence-corrected chi connectivity index (χ3v) is 2.76. The van der Waals surface area contributed by atoms with Gasteiger partial charge >= 0.3 is 0 Å². The molecule has 0 aromatic heterocycles. The zero-order valence-electron chi connectivity index (χ0n) is 8.48. The molecule has 0 fully saturated rings. The quantitative estimate of drug-likeness (QED) is 0.524. The van der Waals surface area contributed by atoms with Crippen LogP contribution in [-0.2, 0) is 0 Å². The lowest BCUT2D eigenvalue weighted by Gasteiger charge is -2.20. The van der Waals surface area contributed by atoms with Crippen molar-refractivity contribution in [2.75, 3.05) is 0 Å². The summed E-state index contributed by atoms with van der Waals surface area (Å²) < 4.78 is 0. The highest BCUT2D eigenvalue weighted by atomic mass is 14.2. The van der Waals surface area contributed by atoms with Crippen LogP contribution in [-0.4, -0.2) is 0 Å². The minimum absolute atomic E-state index is 0.708. The molecule has 1 atom stereocenters. The molecule has 0 aromatic rings. The molecule has 0 amide bonds. The second kappa shape index (κ2) is 5.40. The van der Waals surface area contributed by atoms with Gasteiger partial charge in [0.2, 0.25) is 0 Å². The summed E-state index contributed by atoms with van der Waals surface area (Å²) in [5.74, 6) is 1.46. The van der Waals surface area contributed by atoms with Crippen LogP contribution in [0.4, 0.5) is 0 Å². The number of rotatable bonds is 5. The van der Waals surface area contributed by atoms with Crippen molar-refractivity contribution in [2.45, 2.75) is 47.0 Å². The average Bonchev–Trinajstić information content (AvgIpc) is 2.05. The van der Waals surface area contributed by atoms with Crippen LogP contribution >= 0.6 is 0 Å². The van der Waals surface area contributed by atoms with E-state index in [0.717, 1.165) is 5.92 Å². The molecular weight excluding hydrogens is 132 g/mol. The molecule has 0 aliphatic heterocycles. The molecule has 1 unspecified atom stereocenters. The largest absolute Gasteiger partial charge is 0.0993 e. The van der Waals surface area contributed by atoms with E-state index in [9.17, 15) is 0 Å². The molecule has 0 N–H and O–H groups in total. The van der Waals surface area contributed by atoms with E-state index in [2.05, 4.69) is 34.3 Å². The van der Waals surface area contributed by atoms with Gasteiger partial charge in [0.1, 0.15) is 0 Å². The van der Waals surface area contributed by atoms with Gasteiger partial charge in [0.25, 0.3) is 0 Å². The van der Waals surface area contributed by atoms with E-state index in [0.29, 0.717) is 5.92 Å². The Morgan fingerprint density at radius 2 is 1.55 bits per heavy atom. The fourth-order valence-electron chi connectivity index (χ4n) is 1.48. The Bertz CT molecular complexity index is 109. The molecule has 0 bridgehead atoms. The summed E-state index contributed by atoms with van der Waals surface area (Å²) in [4.78, 5) is 0. The van der Waals surface area contributed by atoms with Gasteiger partial charge in [-0.3, -0.25) is 0 Å². The first kappa shape index (κ1) is 10.7. The van der Waals surface area contributed by atoms with Crippen LogP contribution in [0.15, 0.2) is 12.2 Å². The van der Waals surface area contributed by atoms with Crippen molar-refractivity contribution in [3.63, 3.8) is 0 Å². The van der Waals surface area contributed by atoms with Gasteiger partial charge in [0, 0.05) is 0 Å². The molecule has 11 heavy (non-hydrogen) atoms. The van der Waals surface area contributed by atoms with Gasteiger partial charge in [-0.05, 0) is 31.1 Å². The zero-order valence-corrected chi connectivity index (χ0v) is 8.48. The monoisotopic (exact) mass is 154 g/mol. The first-order valence-corrected chi connectivity index (χ1v) is 4.85. The molecule has 66 valence electrons. The van der Waals surface area contributed by atoms with Gasteiger partial charge in [0.15, 0.2) is 0 Å². The van der Waals surface area contributed by atoms with Crippen LogP contribution in [0.3, 0.4) is 0 Å². The molecule has 0 aromatic carbocycles. The van der Waals surface area contributed by atoms with Gasteiger partial charge in [-0.15, -0.1) is 0 Å². The number of hydrogen-bond donors (Lipinski definition) is 0. The molecule has 0 nitrogen and oxygen atoms in total. The van der Waals surface area contributed by atoms with E-state index in [1.807, 2.05) is 0 Å². The Hall–Kier alpha value is -0.260. The Balaban J connectivity index is 3.97. The smallest absolute Gasteiger partial charge is 0.0209 e. The van der Waals surface area contributed by atoms with Gasteiger partial charge in [-0.2, -0.15) is 0 Å². The van der Waals surface area contributed by atoms with Crippen LogP contribution in [0, 0.1) is 11.8 Å².